The maximum atomic E-state index is 6.46. The average Bonchev–Trinajstić information content (AvgIpc) is 2.62. The summed E-state index contributed by atoms with van der Waals surface area (Å²) in [5, 5.41) is -1.13. The van der Waals surface area contributed by atoms with Crippen LogP contribution in [0.1, 0.15) is 6.42 Å². The molecule has 2 saturated carbocycles. The van der Waals surface area contributed by atoms with Gasteiger partial charge in [0.2, 0.25) is 0 Å². The smallest absolute Gasteiger partial charge is 0.126 e. The minimum absolute atomic E-state index is 0.0684. The van der Waals surface area contributed by atoms with Crippen molar-refractivity contribution in [2.45, 2.75) is 31.2 Å². The Bertz CT molecular complexity index is 370. The third-order valence-corrected chi connectivity index (χ3v) is 8.71. The Labute approximate surface area is 157 Å². The van der Waals surface area contributed by atoms with Gasteiger partial charge in [-0.1, -0.05) is 0 Å². The van der Waals surface area contributed by atoms with Gasteiger partial charge >= 0.3 is 0 Å². The summed E-state index contributed by atoms with van der Waals surface area (Å²) in [5.74, 6) is -0.192. The quantitative estimate of drug-likeness (QED) is 0.450. The lowest BCUT2D eigenvalue weighted by Crippen LogP contribution is -2.58. The molecule has 1 unspecified atom stereocenters. The van der Waals surface area contributed by atoms with Gasteiger partial charge in [0.1, 0.15) is 14.0 Å². The van der Waals surface area contributed by atoms with Crippen molar-refractivity contribution in [3.8, 4) is 0 Å². The fourth-order valence-corrected chi connectivity index (χ4v) is 9.10. The van der Waals surface area contributed by atoms with Crippen LogP contribution in [0.4, 0.5) is 0 Å². The van der Waals surface area contributed by atoms with Crippen molar-refractivity contribution in [3.05, 3.63) is 0 Å². The standard InChI is InChI=1S/C10H9Cl9/c11-2-8(6(14)15)3-1-9(18,19)10(8,7(16)17)5(13)4(3)12/h3-7H,1-2H2/t3-,4+,5-,8+,10?/m1/s1. The SMILES string of the molecule is ClC[C@@]1(C(Cl)Cl)[C@@H]2CC(Cl)(Cl)C1(C(Cl)Cl)[C@H](Cl)[C@H]2Cl. The first-order valence-electron chi connectivity index (χ1n) is 5.39. The van der Waals surface area contributed by atoms with E-state index in [2.05, 4.69) is 0 Å². The second-order valence-corrected chi connectivity index (χ2v) is 9.92. The summed E-state index contributed by atoms with van der Waals surface area (Å²) in [5.41, 5.74) is -2.12. The first-order chi connectivity index (χ1) is 8.61. The molecular weight excluding hydrogens is 439 g/mol. The fraction of sp³-hybridized carbons (Fsp3) is 1.00. The zero-order valence-electron chi connectivity index (χ0n) is 9.20. The highest BCUT2D eigenvalue weighted by Gasteiger charge is 2.84. The molecule has 19 heavy (non-hydrogen) atoms. The summed E-state index contributed by atoms with van der Waals surface area (Å²) < 4.78 is -1.29. The van der Waals surface area contributed by atoms with E-state index >= 15 is 0 Å². The average molecular weight is 448 g/mol. The van der Waals surface area contributed by atoms with Crippen LogP contribution < -0.4 is 0 Å². The number of fused-ring (bicyclic) bond motifs is 2. The van der Waals surface area contributed by atoms with Gasteiger partial charge in [0.25, 0.3) is 0 Å². The molecule has 2 fully saturated rings. The molecular formula is C10H9Cl9. The van der Waals surface area contributed by atoms with Gasteiger partial charge in [-0.15, -0.1) is 104 Å². The maximum absolute atomic E-state index is 6.46. The molecule has 0 nitrogen and oxygen atoms in total. The second kappa shape index (κ2) is 5.60. The van der Waals surface area contributed by atoms with Gasteiger partial charge < -0.3 is 0 Å². The van der Waals surface area contributed by atoms with E-state index in [1.807, 2.05) is 0 Å². The minimum atomic E-state index is -1.29. The van der Waals surface area contributed by atoms with Crippen LogP contribution in [0.15, 0.2) is 0 Å². The number of hydrogen-bond acceptors (Lipinski definition) is 0. The molecule has 0 N–H and O–H groups in total. The van der Waals surface area contributed by atoms with Crippen molar-refractivity contribution in [1.82, 2.24) is 0 Å². The van der Waals surface area contributed by atoms with Gasteiger partial charge in [0, 0.05) is 11.3 Å². The van der Waals surface area contributed by atoms with E-state index in [9.17, 15) is 0 Å². The van der Waals surface area contributed by atoms with E-state index in [0.717, 1.165) is 0 Å². The Morgan fingerprint density at radius 2 is 1.53 bits per heavy atom. The van der Waals surface area contributed by atoms with Crippen molar-refractivity contribution in [2.75, 3.05) is 5.88 Å². The highest BCUT2D eigenvalue weighted by atomic mass is 35.5. The summed E-state index contributed by atoms with van der Waals surface area (Å²) in [4.78, 5) is -1.89. The molecule has 0 aromatic carbocycles. The van der Waals surface area contributed by atoms with Crippen molar-refractivity contribution in [1.29, 1.82) is 0 Å². The van der Waals surface area contributed by atoms with Gasteiger partial charge in [-0.3, -0.25) is 0 Å². The van der Waals surface area contributed by atoms with Crippen LogP contribution in [0.25, 0.3) is 0 Å². The zero-order chi connectivity index (χ0) is 14.8. The first-order valence-corrected chi connectivity index (χ1v) is 9.30. The van der Waals surface area contributed by atoms with Crippen molar-refractivity contribution >= 4 is 104 Å². The van der Waals surface area contributed by atoms with Gasteiger partial charge in [0.05, 0.1) is 16.2 Å². The second-order valence-electron chi connectivity index (χ2n) is 5.01. The molecule has 2 rings (SSSR count). The van der Waals surface area contributed by atoms with E-state index in [0.29, 0.717) is 6.42 Å². The van der Waals surface area contributed by atoms with Gasteiger partial charge in [-0.05, 0) is 12.3 Å². The summed E-state index contributed by atoms with van der Waals surface area (Å²) in [6.07, 6.45) is 0.339. The Hall–Kier alpha value is 2.61. The van der Waals surface area contributed by atoms with Crippen LogP contribution in [0.5, 0.6) is 0 Å². The Balaban J connectivity index is 2.74. The largest absolute Gasteiger partial charge is 0.129 e. The molecule has 0 aromatic rings. The number of rotatable bonds is 3. The highest BCUT2D eigenvalue weighted by molar-refractivity contribution is 6.54. The molecule has 2 bridgehead atoms. The molecule has 0 saturated heterocycles. The molecule has 0 radical (unpaired) electrons. The van der Waals surface area contributed by atoms with Crippen molar-refractivity contribution in [2.24, 2.45) is 16.7 Å². The molecule has 0 aromatic heterocycles. The summed E-state index contributed by atoms with van der Waals surface area (Å²) in [7, 11) is 0. The highest BCUT2D eigenvalue weighted by Crippen LogP contribution is 2.79. The molecule has 0 heterocycles. The predicted octanol–water partition coefficient (Wildman–Crippen LogP) is 6.23. The van der Waals surface area contributed by atoms with Crippen LogP contribution in [0.3, 0.4) is 0 Å². The molecule has 5 atom stereocenters. The molecule has 112 valence electrons. The molecule has 0 aliphatic heterocycles. The maximum Gasteiger partial charge on any atom is 0.129 e. The van der Waals surface area contributed by atoms with Crippen molar-refractivity contribution < 1.29 is 0 Å². The molecule has 9 heteroatoms. The van der Waals surface area contributed by atoms with Crippen LogP contribution in [0, 0.1) is 16.7 Å². The molecule has 0 amide bonds. The third-order valence-electron chi connectivity index (χ3n) is 4.57. The van der Waals surface area contributed by atoms with Gasteiger partial charge in [-0.25, -0.2) is 0 Å². The van der Waals surface area contributed by atoms with E-state index in [-0.39, 0.29) is 11.8 Å². The monoisotopic (exact) mass is 444 g/mol. The van der Waals surface area contributed by atoms with E-state index < -0.39 is 35.6 Å². The summed E-state index contributed by atoms with van der Waals surface area (Å²) in [6, 6.07) is 0. The van der Waals surface area contributed by atoms with E-state index in [1.54, 1.807) is 0 Å². The van der Waals surface area contributed by atoms with Gasteiger partial charge in [0.15, 0.2) is 0 Å². The first kappa shape index (κ1) is 18.0. The number of hydrogen-bond donors (Lipinski definition) is 0. The third kappa shape index (κ3) is 1.94. The van der Waals surface area contributed by atoms with Crippen LogP contribution in [0.2, 0.25) is 0 Å². The Kier molecular flexibility index (Phi) is 5.30. The number of alkyl halides is 9. The Morgan fingerprint density at radius 1 is 1.00 bits per heavy atom. The molecule has 0 spiro atoms. The predicted molar refractivity (Wildman–Crippen MR) is 88.4 cm³/mol. The van der Waals surface area contributed by atoms with Crippen LogP contribution >= 0.6 is 104 Å². The lowest BCUT2D eigenvalue weighted by atomic mass is 9.69. The summed E-state index contributed by atoms with van der Waals surface area (Å²) >= 11 is 56.7. The van der Waals surface area contributed by atoms with Gasteiger partial charge in [-0.2, -0.15) is 0 Å². The summed E-state index contributed by atoms with van der Waals surface area (Å²) in [6.45, 7) is 0. The lowest BCUT2D eigenvalue weighted by Gasteiger charge is -2.50. The zero-order valence-corrected chi connectivity index (χ0v) is 16.0. The fourth-order valence-electron chi connectivity index (χ4n) is 3.68. The molecule has 2 aliphatic rings. The number of halogens is 9. The van der Waals surface area contributed by atoms with Crippen molar-refractivity contribution in [3.63, 3.8) is 0 Å². The van der Waals surface area contributed by atoms with Crippen LogP contribution in [-0.2, 0) is 0 Å². The minimum Gasteiger partial charge on any atom is -0.126 e. The van der Waals surface area contributed by atoms with E-state index in [4.69, 9.17) is 104 Å². The lowest BCUT2D eigenvalue weighted by molar-refractivity contribution is 0.137. The topological polar surface area (TPSA) is 0 Å². The molecule has 2 aliphatic carbocycles. The Morgan fingerprint density at radius 3 is 1.84 bits per heavy atom. The van der Waals surface area contributed by atoms with Crippen LogP contribution in [-0.4, -0.2) is 30.6 Å². The normalized spacial score (nSPS) is 48.5. The van der Waals surface area contributed by atoms with E-state index in [1.165, 1.54) is 0 Å².